The highest BCUT2D eigenvalue weighted by Crippen LogP contribution is 2.31. The summed E-state index contributed by atoms with van der Waals surface area (Å²) in [5, 5.41) is 17.0. The minimum absolute atomic E-state index is 0.0568. The number of pyridine rings is 1. The van der Waals surface area contributed by atoms with Gasteiger partial charge in [-0.15, -0.1) is 0 Å². The molecule has 0 fully saturated rings. The lowest BCUT2D eigenvalue weighted by Crippen LogP contribution is -2.28. The molecule has 1 amide bonds. The third kappa shape index (κ3) is 4.85. The Balaban J connectivity index is 2.48. The predicted octanol–water partition coefficient (Wildman–Crippen LogP) is 4.87. The van der Waals surface area contributed by atoms with Crippen LogP contribution in [0.2, 0.25) is 0 Å². The Morgan fingerprint density at radius 2 is 1.93 bits per heavy atom. The largest absolute Gasteiger partial charge is 0.444 e. The number of nitrogens with one attached hydrogen (secondary N) is 1. The average Bonchev–Trinajstić information content (AvgIpc) is 2.91. The number of carbonyl (C=O) groups excluding carboxylic acids is 1. The summed E-state index contributed by atoms with van der Waals surface area (Å²) in [5.41, 5.74) is 1.82. The predicted molar refractivity (Wildman–Crippen MR) is 105 cm³/mol. The van der Waals surface area contributed by atoms with Gasteiger partial charge in [0, 0.05) is 23.5 Å². The fraction of sp³-hybridized carbons (Fsp3) is 0.500. The summed E-state index contributed by atoms with van der Waals surface area (Å²) in [5.74, 6) is 0.636. The summed E-state index contributed by atoms with van der Waals surface area (Å²) >= 11 is 0. The van der Waals surface area contributed by atoms with E-state index in [4.69, 9.17) is 4.74 Å². The first-order valence-electron chi connectivity index (χ1n) is 9.02. The molecule has 2 aromatic heterocycles. The SMILES string of the molecule is CC(C)c1ccc(-c2nn(C(C)C)c(NC(=O)OC(C)(C)C)c2C#N)cn1. The van der Waals surface area contributed by atoms with Gasteiger partial charge in [0.2, 0.25) is 0 Å². The van der Waals surface area contributed by atoms with Gasteiger partial charge in [-0.05, 0) is 52.7 Å². The van der Waals surface area contributed by atoms with E-state index in [0.29, 0.717) is 17.4 Å². The van der Waals surface area contributed by atoms with Crippen molar-refractivity contribution in [2.45, 2.75) is 66.0 Å². The molecule has 0 aliphatic rings. The van der Waals surface area contributed by atoms with Gasteiger partial charge in [-0.2, -0.15) is 10.4 Å². The van der Waals surface area contributed by atoms with E-state index < -0.39 is 11.7 Å². The lowest BCUT2D eigenvalue weighted by Gasteiger charge is -2.20. The molecule has 0 saturated heterocycles. The summed E-state index contributed by atoms with van der Waals surface area (Å²) < 4.78 is 6.94. The zero-order valence-corrected chi connectivity index (χ0v) is 17.0. The molecule has 27 heavy (non-hydrogen) atoms. The molecule has 0 unspecified atom stereocenters. The van der Waals surface area contributed by atoms with Crippen molar-refractivity contribution < 1.29 is 9.53 Å². The van der Waals surface area contributed by atoms with Crippen LogP contribution in [-0.4, -0.2) is 26.5 Å². The molecule has 2 rings (SSSR count). The van der Waals surface area contributed by atoms with Crippen LogP contribution in [-0.2, 0) is 4.74 Å². The topological polar surface area (TPSA) is 92.8 Å². The van der Waals surface area contributed by atoms with Crippen LogP contribution < -0.4 is 5.32 Å². The van der Waals surface area contributed by atoms with Gasteiger partial charge in [0.15, 0.2) is 5.82 Å². The van der Waals surface area contributed by atoms with Crippen LogP contribution in [0.25, 0.3) is 11.3 Å². The minimum Gasteiger partial charge on any atom is -0.444 e. The number of rotatable bonds is 4. The van der Waals surface area contributed by atoms with E-state index in [9.17, 15) is 10.1 Å². The highest BCUT2D eigenvalue weighted by Gasteiger charge is 2.25. The van der Waals surface area contributed by atoms with Gasteiger partial charge in [0.05, 0.1) is 0 Å². The van der Waals surface area contributed by atoms with Crippen molar-refractivity contribution >= 4 is 11.9 Å². The molecule has 1 N–H and O–H groups in total. The van der Waals surface area contributed by atoms with Crippen LogP contribution in [0.3, 0.4) is 0 Å². The van der Waals surface area contributed by atoms with E-state index in [0.717, 1.165) is 11.3 Å². The standard InChI is InChI=1S/C20H27N5O2/c1-12(2)16-9-8-14(11-22-16)17-15(10-21)18(25(24-17)13(3)4)23-19(26)27-20(5,6)7/h8-9,11-13H,1-7H3,(H,23,26). The summed E-state index contributed by atoms with van der Waals surface area (Å²) in [6.07, 6.45) is 1.08. The molecular formula is C20H27N5O2. The van der Waals surface area contributed by atoms with Crippen LogP contribution in [0.15, 0.2) is 18.3 Å². The van der Waals surface area contributed by atoms with Gasteiger partial charge in [0.1, 0.15) is 22.9 Å². The lowest BCUT2D eigenvalue weighted by atomic mass is 10.1. The van der Waals surface area contributed by atoms with Gasteiger partial charge in [0.25, 0.3) is 0 Å². The molecule has 0 aromatic carbocycles. The molecule has 2 heterocycles. The second kappa shape index (κ2) is 7.78. The number of hydrogen-bond acceptors (Lipinski definition) is 5. The van der Waals surface area contributed by atoms with E-state index in [1.807, 2.05) is 26.0 Å². The molecule has 2 aromatic rings. The van der Waals surface area contributed by atoms with E-state index in [1.54, 1.807) is 31.6 Å². The molecule has 0 radical (unpaired) electrons. The molecule has 144 valence electrons. The molecule has 7 heteroatoms. The first kappa shape index (κ1) is 20.4. The Bertz CT molecular complexity index is 852. The normalized spacial score (nSPS) is 11.6. The number of carbonyl (C=O) groups is 1. The molecule has 0 aliphatic carbocycles. The first-order chi connectivity index (χ1) is 12.5. The third-order valence-electron chi connectivity index (χ3n) is 3.78. The van der Waals surface area contributed by atoms with Crippen LogP contribution in [0.5, 0.6) is 0 Å². The fourth-order valence-electron chi connectivity index (χ4n) is 2.52. The lowest BCUT2D eigenvalue weighted by molar-refractivity contribution is 0.0634. The zero-order valence-electron chi connectivity index (χ0n) is 17.0. The summed E-state index contributed by atoms with van der Waals surface area (Å²) in [4.78, 5) is 16.7. The zero-order chi connectivity index (χ0) is 20.4. The highest BCUT2D eigenvalue weighted by molar-refractivity contribution is 5.88. The third-order valence-corrected chi connectivity index (χ3v) is 3.78. The minimum atomic E-state index is -0.640. The van der Waals surface area contributed by atoms with Crippen LogP contribution in [0, 0.1) is 11.3 Å². The van der Waals surface area contributed by atoms with E-state index >= 15 is 0 Å². The van der Waals surface area contributed by atoms with E-state index in [-0.39, 0.29) is 11.6 Å². The molecular weight excluding hydrogens is 342 g/mol. The summed E-state index contributed by atoms with van der Waals surface area (Å²) in [7, 11) is 0. The average molecular weight is 369 g/mol. The maximum Gasteiger partial charge on any atom is 0.413 e. The monoisotopic (exact) mass is 369 g/mol. The molecule has 0 saturated carbocycles. The van der Waals surface area contributed by atoms with Gasteiger partial charge in [-0.1, -0.05) is 13.8 Å². The van der Waals surface area contributed by atoms with Crippen LogP contribution in [0.4, 0.5) is 10.6 Å². The number of ether oxygens (including phenoxy) is 1. The van der Waals surface area contributed by atoms with Crippen LogP contribution in [0.1, 0.15) is 71.7 Å². The molecule has 0 spiro atoms. The first-order valence-corrected chi connectivity index (χ1v) is 9.02. The van der Waals surface area contributed by atoms with Gasteiger partial charge < -0.3 is 4.74 Å². The van der Waals surface area contributed by atoms with Crippen molar-refractivity contribution in [2.24, 2.45) is 0 Å². The van der Waals surface area contributed by atoms with Crippen molar-refractivity contribution in [1.82, 2.24) is 14.8 Å². The Kier molecular flexibility index (Phi) is 5.89. The Morgan fingerprint density at radius 3 is 2.37 bits per heavy atom. The second-order valence-electron chi connectivity index (χ2n) is 7.98. The maximum absolute atomic E-state index is 12.2. The number of aromatic nitrogens is 3. The van der Waals surface area contributed by atoms with Crippen molar-refractivity contribution in [3.05, 3.63) is 29.6 Å². The fourth-order valence-corrected chi connectivity index (χ4v) is 2.52. The van der Waals surface area contributed by atoms with Crippen molar-refractivity contribution in [2.75, 3.05) is 5.32 Å². The summed E-state index contributed by atoms with van der Waals surface area (Å²) in [6.45, 7) is 13.3. The highest BCUT2D eigenvalue weighted by atomic mass is 16.6. The van der Waals surface area contributed by atoms with Crippen molar-refractivity contribution in [1.29, 1.82) is 5.26 Å². The maximum atomic E-state index is 12.2. The van der Waals surface area contributed by atoms with Crippen LogP contribution >= 0.6 is 0 Å². The number of hydrogen-bond donors (Lipinski definition) is 1. The summed E-state index contributed by atoms with van der Waals surface area (Å²) in [6, 6.07) is 5.93. The molecule has 0 aliphatic heterocycles. The van der Waals surface area contributed by atoms with E-state index in [2.05, 4.69) is 35.3 Å². The second-order valence-corrected chi connectivity index (χ2v) is 7.98. The number of amides is 1. The quantitative estimate of drug-likeness (QED) is 0.830. The van der Waals surface area contributed by atoms with Gasteiger partial charge >= 0.3 is 6.09 Å². The molecule has 0 atom stereocenters. The smallest absolute Gasteiger partial charge is 0.413 e. The van der Waals surface area contributed by atoms with Crippen molar-refractivity contribution in [3.8, 4) is 17.3 Å². The van der Waals surface area contributed by atoms with Gasteiger partial charge in [-0.3, -0.25) is 10.3 Å². The Morgan fingerprint density at radius 1 is 1.26 bits per heavy atom. The van der Waals surface area contributed by atoms with E-state index in [1.165, 1.54) is 0 Å². The Hall–Kier alpha value is -2.88. The van der Waals surface area contributed by atoms with Crippen molar-refractivity contribution in [3.63, 3.8) is 0 Å². The Labute approximate surface area is 160 Å². The molecule has 0 bridgehead atoms. The number of anilines is 1. The number of nitrogens with zero attached hydrogens (tertiary/aromatic N) is 4. The van der Waals surface area contributed by atoms with Gasteiger partial charge in [-0.25, -0.2) is 9.48 Å². The number of nitriles is 1. The molecule has 7 nitrogen and oxygen atoms in total.